The molecule has 1 amide bonds. The number of nitrogens with zero attached hydrogens (tertiary/aromatic N) is 2. The van der Waals surface area contributed by atoms with E-state index < -0.39 is 0 Å². The maximum Gasteiger partial charge on any atom is 0.238 e. The number of benzene rings is 1. The Hall–Kier alpha value is -1.63. The van der Waals surface area contributed by atoms with Crippen LogP contribution in [0.3, 0.4) is 0 Å². The summed E-state index contributed by atoms with van der Waals surface area (Å²) in [7, 11) is 3.33. The summed E-state index contributed by atoms with van der Waals surface area (Å²) < 4.78 is 10.2. The lowest BCUT2D eigenvalue weighted by molar-refractivity contribution is -0.117. The molecular formula is C20H33N3O3. The molecule has 6 heteroatoms. The van der Waals surface area contributed by atoms with E-state index in [4.69, 9.17) is 9.47 Å². The number of carbonyl (C=O) groups is 1. The Morgan fingerprint density at radius 2 is 1.58 bits per heavy atom. The van der Waals surface area contributed by atoms with Crippen LogP contribution in [0, 0.1) is 0 Å². The van der Waals surface area contributed by atoms with Crippen LogP contribution in [-0.2, 0) is 14.3 Å². The average molecular weight is 364 g/mol. The number of hydrogen-bond donors (Lipinski definition) is 1. The van der Waals surface area contributed by atoms with E-state index in [0.717, 1.165) is 18.8 Å². The first-order chi connectivity index (χ1) is 12.7. The summed E-state index contributed by atoms with van der Waals surface area (Å²) in [5.74, 6) is -0.0141. The molecule has 0 aliphatic carbocycles. The van der Waals surface area contributed by atoms with Crippen molar-refractivity contribution in [2.24, 2.45) is 0 Å². The zero-order valence-electron chi connectivity index (χ0n) is 16.2. The normalized spacial score (nSPS) is 15.1. The lowest BCUT2D eigenvalue weighted by Gasteiger charge is -2.23. The fraction of sp³-hybridized carbons (Fsp3) is 0.650. The van der Waals surface area contributed by atoms with Gasteiger partial charge in [0, 0.05) is 51.8 Å². The van der Waals surface area contributed by atoms with Crippen LogP contribution in [0.15, 0.2) is 24.3 Å². The summed E-state index contributed by atoms with van der Waals surface area (Å²) in [5, 5.41) is 2.99. The van der Waals surface area contributed by atoms with Crippen LogP contribution < -0.4 is 10.2 Å². The molecule has 1 saturated heterocycles. The van der Waals surface area contributed by atoms with E-state index in [1.807, 2.05) is 17.0 Å². The second kappa shape index (κ2) is 11.9. The van der Waals surface area contributed by atoms with Crippen molar-refractivity contribution in [2.75, 3.05) is 70.4 Å². The van der Waals surface area contributed by atoms with Crippen molar-refractivity contribution in [3.8, 4) is 0 Å². The fourth-order valence-corrected chi connectivity index (χ4v) is 3.20. The smallest absolute Gasteiger partial charge is 0.238 e. The lowest BCUT2D eigenvalue weighted by atomic mass is 10.2. The van der Waals surface area contributed by atoms with Crippen LogP contribution in [0.2, 0.25) is 0 Å². The van der Waals surface area contributed by atoms with Crippen molar-refractivity contribution in [1.29, 1.82) is 0 Å². The Morgan fingerprint density at radius 1 is 1.00 bits per heavy atom. The van der Waals surface area contributed by atoms with Gasteiger partial charge in [-0.3, -0.25) is 9.69 Å². The van der Waals surface area contributed by atoms with Gasteiger partial charge in [-0.05, 0) is 37.1 Å². The van der Waals surface area contributed by atoms with E-state index in [2.05, 4.69) is 22.3 Å². The minimum absolute atomic E-state index is 0.0141. The van der Waals surface area contributed by atoms with Gasteiger partial charge in [0.25, 0.3) is 0 Å². The van der Waals surface area contributed by atoms with E-state index in [1.54, 1.807) is 14.2 Å². The molecule has 1 heterocycles. The highest BCUT2D eigenvalue weighted by molar-refractivity contribution is 5.92. The van der Waals surface area contributed by atoms with Crippen LogP contribution >= 0.6 is 0 Å². The highest BCUT2D eigenvalue weighted by atomic mass is 16.5. The third kappa shape index (κ3) is 7.32. The van der Waals surface area contributed by atoms with Gasteiger partial charge in [-0.2, -0.15) is 0 Å². The van der Waals surface area contributed by atoms with Crippen LogP contribution in [0.4, 0.5) is 11.4 Å². The van der Waals surface area contributed by atoms with Gasteiger partial charge in [0.2, 0.25) is 5.91 Å². The molecule has 1 N–H and O–H groups in total. The van der Waals surface area contributed by atoms with E-state index in [-0.39, 0.29) is 5.91 Å². The van der Waals surface area contributed by atoms with Crippen LogP contribution in [0.1, 0.15) is 25.7 Å². The third-order valence-electron chi connectivity index (χ3n) is 4.71. The van der Waals surface area contributed by atoms with Gasteiger partial charge in [-0.25, -0.2) is 0 Å². The molecule has 0 radical (unpaired) electrons. The fourth-order valence-electron chi connectivity index (χ4n) is 3.20. The monoisotopic (exact) mass is 363 g/mol. The second-order valence-electron chi connectivity index (χ2n) is 6.76. The van der Waals surface area contributed by atoms with Gasteiger partial charge >= 0.3 is 0 Å². The molecule has 0 unspecified atom stereocenters. The molecule has 2 rings (SSSR count). The Bertz CT molecular complexity index is 506. The zero-order chi connectivity index (χ0) is 18.6. The predicted molar refractivity (Wildman–Crippen MR) is 106 cm³/mol. The molecule has 0 aromatic heterocycles. The number of ether oxygens (including phenoxy) is 2. The van der Waals surface area contributed by atoms with Crippen LogP contribution in [-0.4, -0.2) is 71.0 Å². The molecule has 0 bridgehead atoms. The maximum absolute atomic E-state index is 12.3. The van der Waals surface area contributed by atoms with Crippen molar-refractivity contribution < 1.29 is 14.3 Å². The van der Waals surface area contributed by atoms with Gasteiger partial charge in [-0.15, -0.1) is 0 Å². The molecule has 6 nitrogen and oxygen atoms in total. The van der Waals surface area contributed by atoms with Crippen molar-refractivity contribution in [1.82, 2.24) is 4.90 Å². The van der Waals surface area contributed by atoms with Crippen LogP contribution in [0.25, 0.3) is 0 Å². The van der Waals surface area contributed by atoms with Crippen molar-refractivity contribution >= 4 is 17.3 Å². The molecule has 1 aromatic carbocycles. The third-order valence-corrected chi connectivity index (χ3v) is 4.71. The molecule has 0 spiro atoms. The Kier molecular flexibility index (Phi) is 9.45. The Balaban J connectivity index is 1.85. The number of methoxy groups -OCH3 is 2. The summed E-state index contributed by atoms with van der Waals surface area (Å²) in [6.07, 6.45) is 5.18. The summed E-state index contributed by atoms with van der Waals surface area (Å²) in [4.78, 5) is 16.8. The summed E-state index contributed by atoms with van der Waals surface area (Å²) in [6, 6.07) is 8.20. The van der Waals surface area contributed by atoms with E-state index in [9.17, 15) is 4.79 Å². The van der Waals surface area contributed by atoms with Gasteiger partial charge in [0.1, 0.15) is 0 Å². The summed E-state index contributed by atoms with van der Waals surface area (Å²) in [5.41, 5.74) is 2.08. The molecule has 0 atom stereocenters. The molecule has 1 aliphatic rings. The molecule has 0 saturated carbocycles. The molecule has 1 aromatic rings. The first kappa shape index (κ1) is 20.7. The number of amides is 1. The minimum Gasteiger partial charge on any atom is -0.383 e. The SMILES string of the molecule is COCCN(CCOC)CC(=O)Nc1ccc(N2CCCCCC2)cc1. The van der Waals surface area contributed by atoms with Crippen molar-refractivity contribution in [3.05, 3.63) is 24.3 Å². The van der Waals surface area contributed by atoms with Crippen molar-refractivity contribution in [2.45, 2.75) is 25.7 Å². The topological polar surface area (TPSA) is 54.0 Å². The van der Waals surface area contributed by atoms with Gasteiger partial charge in [0.05, 0.1) is 19.8 Å². The van der Waals surface area contributed by atoms with E-state index >= 15 is 0 Å². The number of rotatable bonds is 10. The average Bonchev–Trinajstić information content (AvgIpc) is 2.94. The maximum atomic E-state index is 12.3. The molecule has 26 heavy (non-hydrogen) atoms. The standard InChI is InChI=1S/C20H33N3O3/c1-25-15-13-22(14-16-26-2)17-20(24)21-18-7-9-19(10-8-18)23-11-5-3-4-6-12-23/h7-10H,3-6,11-17H2,1-2H3,(H,21,24). The molecule has 146 valence electrons. The second-order valence-corrected chi connectivity index (χ2v) is 6.76. The Morgan fingerprint density at radius 3 is 2.12 bits per heavy atom. The van der Waals surface area contributed by atoms with Crippen LogP contribution in [0.5, 0.6) is 0 Å². The number of nitrogens with one attached hydrogen (secondary N) is 1. The first-order valence-corrected chi connectivity index (χ1v) is 9.58. The molecular weight excluding hydrogens is 330 g/mol. The van der Waals surface area contributed by atoms with E-state index in [1.165, 1.54) is 31.4 Å². The zero-order valence-corrected chi connectivity index (χ0v) is 16.2. The number of carbonyl (C=O) groups excluding carboxylic acids is 1. The number of hydrogen-bond acceptors (Lipinski definition) is 5. The largest absolute Gasteiger partial charge is 0.383 e. The first-order valence-electron chi connectivity index (χ1n) is 9.58. The lowest BCUT2D eigenvalue weighted by Crippen LogP contribution is -2.37. The van der Waals surface area contributed by atoms with Gasteiger partial charge in [-0.1, -0.05) is 12.8 Å². The van der Waals surface area contributed by atoms with E-state index in [0.29, 0.717) is 32.8 Å². The quantitative estimate of drug-likeness (QED) is 0.692. The van der Waals surface area contributed by atoms with Gasteiger partial charge < -0.3 is 19.7 Å². The molecule has 1 fully saturated rings. The predicted octanol–water partition coefficient (Wildman–Crippen LogP) is 2.60. The van der Waals surface area contributed by atoms with Gasteiger partial charge in [0.15, 0.2) is 0 Å². The summed E-state index contributed by atoms with van der Waals surface area (Å²) >= 11 is 0. The number of anilines is 2. The molecule has 1 aliphatic heterocycles. The highest BCUT2D eigenvalue weighted by Gasteiger charge is 2.12. The summed E-state index contributed by atoms with van der Waals surface area (Å²) in [6.45, 7) is 5.20. The highest BCUT2D eigenvalue weighted by Crippen LogP contribution is 2.21. The van der Waals surface area contributed by atoms with Crippen molar-refractivity contribution in [3.63, 3.8) is 0 Å². The Labute approximate surface area is 157 Å². The minimum atomic E-state index is -0.0141.